The number of nitrogens with zero attached hydrogens (tertiary/aromatic N) is 2. The van der Waals surface area contributed by atoms with Crippen molar-refractivity contribution in [3.63, 3.8) is 0 Å². The molecule has 0 radical (unpaired) electrons. The van der Waals surface area contributed by atoms with Crippen LogP contribution in [-0.4, -0.2) is 16.3 Å². The Hall–Kier alpha value is -1.35. The second-order valence-electron chi connectivity index (χ2n) is 4.94. The molecule has 0 fully saturated rings. The minimum atomic E-state index is 0.667. The maximum absolute atomic E-state index is 4.77. The van der Waals surface area contributed by atoms with E-state index in [0.717, 1.165) is 25.3 Å². The van der Waals surface area contributed by atoms with E-state index in [1.807, 2.05) is 0 Å². The standard InChI is InChI=1S/C15H23N3/c1-4-12(3)11-18-15-9-7-6-8-13(15)14(17-18)10-16-5-2/h6-9,12,16H,4-5,10-11H2,1-3H3. The molecule has 2 aromatic rings. The summed E-state index contributed by atoms with van der Waals surface area (Å²) < 4.78 is 2.16. The zero-order chi connectivity index (χ0) is 13.0. The largest absolute Gasteiger partial charge is 0.311 e. The van der Waals surface area contributed by atoms with Crippen LogP contribution < -0.4 is 5.32 Å². The maximum atomic E-state index is 4.77. The molecule has 0 amide bonds. The van der Waals surface area contributed by atoms with Crippen LogP contribution in [0.15, 0.2) is 24.3 Å². The summed E-state index contributed by atoms with van der Waals surface area (Å²) in [7, 11) is 0. The summed E-state index contributed by atoms with van der Waals surface area (Å²) in [5.74, 6) is 0.667. The number of hydrogen-bond acceptors (Lipinski definition) is 2. The van der Waals surface area contributed by atoms with Crippen molar-refractivity contribution < 1.29 is 0 Å². The van der Waals surface area contributed by atoms with Gasteiger partial charge in [0.25, 0.3) is 0 Å². The van der Waals surface area contributed by atoms with Gasteiger partial charge in [-0.1, -0.05) is 45.4 Å². The van der Waals surface area contributed by atoms with Crippen molar-refractivity contribution in [2.24, 2.45) is 5.92 Å². The van der Waals surface area contributed by atoms with Gasteiger partial charge in [-0.05, 0) is 18.5 Å². The summed E-state index contributed by atoms with van der Waals surface area (Å²) in [5.41, 5.74) is 2.42. The first-order chi connectivity index (χ1) is 8.76. The van der Waals surface area contributed by atoms with Crippen LogP contribution >= 0.6 is 0 Å². The van der Waals surface area contributed by atoms with E-state index < -0.39 is 0 Å². The van der Waals surface area contributed by atoms with Crippen molar-refractivity contribution in [2.45, 2.75) is 40.3 Å². The lowest BCUT2D eigenvalue weighted by molar-refractivity contribution is 0.445. The average molecular weight is 245 g/mol. The molecule has 1 aromatic carbocycles. The summed E-state index contributed by atoms with van der Waals surface area (Å²) in [6.45, 7) is 9.47. The molecular weight excluding hydrogens is 222 g/mol. The van der Waals surface area contributed by atoms with Gasteiger partial charge in [0.1, 0.15) is 0 Å². The summed E-state index contributed by atoms with van der Waals surface area (Å²) in [6.07, 6.45) is 1.19. The Labute approximate surface area is 109 Å². The zero-order valence-electron chi connectivity index (χ0n) is 11.6. The SMILES string of the molecule is CCNCc1nn(CC(C)CC)c2ccccc12. The van der Waals surface area contributed by atoms with Crippen LogP contribution in [0, 0.1) is 5.92 Å². The van der Waals surface area contributed by atoms with Crippen molar-refractivity contribution in [1.82, 2.24) is 15.1 Å². The molecule has 3 heteroatoms. The van der Waals surface area contributed by atoms with Crippen LogP contribution in [0.25, 0.3) is 10.9 Å². The zero-order valence-corrected chi connectivity index (χ0v) is 11.6. The van der Waals surface area contributed by atoms with Crippen molar-refractivity contribution in [3.05, 3.63) is 30.0 Å². The van der Waals surface area contributed by atoms with Crippen molar-refractivity contribution in [3.8, 4) is 0 Å². The van der Waals surface area contributed by atoms with E-state index in [9.17, 15) is 0 Å². The third-order valence-corrected chi connectivity index (χ3v) is 3.46. The number of fused-ring (bicyclic) bond motifs is 1. The second-order valence-corrected chi connectivity index (χ2v) is 4.94. The van der Waals surface area contributed by atoms with Gasteiger partial charge in [0.15, 0.2) is 0 Å². The van der Waals surface area contributed by atoms with Crippen molar-refractivity contribution >= 4 is 10.9 Å². The number of rotatable bonds is 6. The number of aromatic nitrogens is 2. The first-order valence-corrected chi connectivity index (χ1v) is 6.91. The monoisotopic (exact) mass is 245 g/mol. The molecule has 1 atom stereocenters. The molecule has 0 aliphatic heterocycles. The molecule has 0 saturated heterocycles. The molecule has 1 heterocycles. The molecule has 1 N–H and O–H groups in total. The van der Waals surface area contributed by atoms with Crippen LogP contribution in [0.4, 0.5) is 0 Å². The van der Waals surface area contributed by atoms with Crippen molar-refractivity contribution in [2.75, 3.05) is 6.54 Å². The van der Waals surface area contributed by atoms with Crippen LogP contribution in [0.1, 0.15) is 32.9 Å². The molecule has 0 aliphatic carbocycles. The van der Waals surface area contributed by atoms with Crippen LogP contribution in [0.5, 0.6) is 0 Å². The Balaban J connectivity index is 2.34. The summed E-state index contributed by atoms with van der Waals surface area (Å²) >= 11 is 0. The normalized spacial score (nSPS) is 13.1. The third-order valence-electron chi connectivity index (χ3n) is 3.46. The molecule has 98 valence electrons. The van der Waals surface area contributed by atoms with Gasteiger partial charge in [0, 0.05) is 18.5 Å². The summed E-state index contributed by atoms with van der Waals surface area (Å²) in [4.78, 5) is 0. The Morgan fingerprint density at radius 1 is 1.28 bits per heavy atom. The molecule has 0 spiro atoms. The minimum Gasteiger partial charge on any atom is -0.311 e. The average Bonchev–Trinajstić information content (AvgIpc) is 2.75. The van der Waals surface area contributed by atoms with E-state index in [0.29, 0.717) is 5.92 Å². The predicted molar refractivity (Wildman–Crippen MR) is 76.6 cm³/mol. The molecular formula is C15H23N3. The van der Waals surface area contributed by atoms with E-state index in [2.05, 4.69) is 55.0 Å². The fourth-order valence-corrected chi connectivity index (χ4v) is 2.13. The van der Waals surface area contributed by atoms with Gasteiger partial charge in [-0.2, -0.15) is 5.10 Å². The fraction of sp³-hybridized carbons (Fsp3) is 0.533. The topological polar surface area (TPSA) is 29.9 Å². The third kappa shape index (κ3) is 2.72. The van der Waals surface area contributed by atoms with Crippen LogP contribution in [0.2, 0.25) is 0 Å². The molecule has 2 rings (SSSR count). The summed E-state index contributed by atoms with van der Waals surface area (Å²) in [6, 6.07) is 8.52. The molecule has 0 saturated carbocycles. The lowest BCUT2D eigenvalue weighted by Gasteiger charge is -2.09. The Morgan fingerprint density at radius 2 is 2.06 bits per heavy atom. The van der Waals surface area contributed by atoms with Crippen molar-refractivity contribution in [1.29, 1.82) is 0 Å². The van der Waals surface area contributed by atoms with Gasteiger partial charge >= 0.3 is 0 Å². The minimum absolute atomic E-state index is 0.667. The van der Waals surface area contributed by atoms with Gasteiger partial charge in [0.05, 0.1) is 11.2 Å². The Bertz CT molecular complexity index is 501. The number of benzene rings is 1. The van der Waals surface area contributed by atoms with Gasteiger partial charge in [-0.3, -0.25) is 4.68 Å². The molecule has 1 unspecified atom stereocenters. The lowest BCUT2D eigenvalue weighted by Crippen LogP contribution is -2.13. The number of hydrogen-bond donors (Lipinski definition) is 1. The van der Waals surface area contributed by atoms with E-state index in [1.54, 1.807) is 0 Å². The first-order valence-electron chi connectivity index (χ1n) is 6.91. The maximum Gasteiger partial charge on any atom is 0.0841 e. The Kier molecular flexibility index (Phi) is 4.37. The molecule has 3 nitrogen and oxygen atoms in total. The highest BCUT2D eigenvalue weighted by Gasteiger charge is 2.11. The van der Waals surface area contributed by atoms with E-state index in [1.165, 1.54) is 17.3 Å². The van der Waals surface area contributed by atoms with Gasteiger partial charge in [0.2, 0.25) is 0 Å². The molecule has 1 aromatic heterocycles. The van der Waals surface area contributed by atoms with Crippen LogP contribution in [0.3, 0.4) is 0 Å². The molecule has 0 aliphatic rings. The fourth-order valence-electron chi connectivity index (χ4n) is 2.13. The predicted octanol–water partition coefficient (Wildman–Crippen LogP) is 3.19. The van der Waals surface area contributed by atoms with Gasteiger partial charge < -0.3 is 5.32 Å². The smallest absolute Gasteiger partial charge is 0.0841 e. The number of nitrogens with one attached hydrogen (secondary N) is 1. The lowest BCUT2D eigenvalue weighted by atomic mass is 10.1. The summed E-state index contributed by atoms with van der Waals surface area (Å²) in [5, 5.41) is 9.41. The molecule has 0 bridgehead atoms. The molecule has 18 heavy (non-hydrogen) atoms. The van der Waals surface area contributed by atoms with E-state index >= 15 is 0 Å². The van der Waals surface area contributed by atoms with E-state index in [-0.39, 0.29) is 0 Å². The highest BCUT2D eigenvalue weighted by atomic mass is 15.3. The van der Waals surface area contributed by atoms with Crippen LogP contribution in [-0.2, 0) is 13.1 Å². The highest BCUT2D eigenvalue weighted by molar-refractivity contribution is 5.81. The first kappa shape index (κ1) is 13.1. The Morgan fingerprint density at radius 3 is 2.78 bits per heavy atom. The van der Waals surface area contributed by atoms with E-state index in [4.69, 9.17) is 5.10 Å². The van der Waals surface area contributed by atoms with Gasteiger partial charge in [-0.15, -0.1) is 0 Å². The number of para-hydroxylation sites is 1. The second kappa shape index (κ2) is 6.01. The van der Waals surface area contributed by atoms with Gasteiger partial charge in [-0.25, -0.2) is 0 Å². The highest BCUT2D eigenvalue weighted by Crippen LogP contribution is 2.20. The quantitative estimate of drug-likeness (QED) is 0.847.